The van der Waals surface area contributed by atoms with E-state index in [0.29, 0.717) is 18.4 Å². The Labute approximate surface area is 125 Å². The van der Waals surface area contributed by atoms with Crippen molar-refractivity contribution in [2.45, 2.75) is 45.4 Å². The average Bonchev–Trinajstić information content (AvgIpc) is 3.11. The summed E-state index contributed by atoms with van der Waals surface area (Å²) >= 11 is 0. The minimum absolute atomic E-state index is 0.357. The maximum Gasteiger partial charge on any atom is 0.230 e. The van der Waals surface area contributed by atoms with E-state index < -0.39 is 0 Å². The van der Waals surface area contributed by atoms with E-state index in [2.05, 4.69) is 42.2 Å². The zero-order valence-electron chi connectivity index (χ0n) is 12.8. The molecular formula is C17H23N3O. The van der Waals surface area contributed by atoms with E-state index >= 15 is 0 Å². The van der Waals surface area contributed by atoms with Gasteiger partial charge in [-0.05, 0) is 55.8 Å². The van der Waals surface area contributed by atoms with Gasteiger partial charge >= 0.3 is 0 Å². The van der Waals surface area contributed by atoms with Crippen LogP contribution in [0.3, 0.4) is 0 Å². The number of hydrogen-bond donors (Lipinski definition) is 1. The van der Waals surface area contributed by atoms with Crippen LogP contribution in [0.4, 0.5) is 0 Å². The van der Waals surface area contributed by atoms with Crippen molar-refractivity contribution in [3.8, 4) is 0 Å². The fourth-order valence-electron chi connectivity index (χ4n) is 3.23. The molecule has 4 heteroatoms. The van der Waals surface area contributed by atoms with Gasteiger partial charge in [0.2, 0.25) is 5.89 Å². The number of aryl methyl sites for hydroxylation is 2. The molecule has 1 heterocycles. The summed E-state index contributed by atoms with van der Waals surface area (Å²) in [5.41, 5.74) is 9.67. The molecule has 1 aliphatic carbocycles. The second kappa shape index (κ2) is 5.98. The van der Waals surface area contributed by atoms with Crippen LogP contribution < -0.4 is 5.73 Å². The molecule has 21 heavy (non-hydrogen) atoms. The summed E-state index contributed by atoms with van der Waals surface area (Å²) in [4.78, 5) is 4.60. The zero-order chi connectivity index (χ0) is 14.8. The number of rotatable bonds is 4. The molecule has 4 nitrogen and oxygen atoms in total. The summed E-state index contributed by atoms with van der Waals surface area (Å²) in [7, 11) is 0. The summed E-state index contributed by atoms with van der Waals surface area (Å²) in [6.07, 6.45) is 4.23. The van der Waals surface area contributed by atoms with Crippen molar-refractivity contribution in [1.82, 2.24) is 10.1 Å². The van der Waals surface area contributed by atoms with Crippen LogP contribution in [0.2, 0.25) is 0 Å². The lowest BCUT2D eigenvalue weighted by Crippen LogP contribution is -2.17. The molecule has 2 atom stereocenters. The molecule has 1 saturated carbocycles. The standard InChI is InChI=1S/C17H23N3O/c1-11-6-7-13(8-12(11)2)9-16-19-17(21-20-16)15-5-3-4-14(15)10-18/h6-8,14-15H,3-5,9-10,18H2,1-2H3. The van der Waals surface area contributed by atoms with Crippen molar-refractivity contribution < 1.29 is 4.52 Å². The summed E-state index contributed by atoms with van der Waals surface area (Å²) in [5.74, 6) is 2.41. The molecular weight excluding hydrogens is 262 g/mol. The molecule has 1 fully saturated rings. The number of hydrogen-bond acceptors (Lipinski definition) is 4. The maximum atomic E-state index is 5.83. The molecule has 1 aliphatic rings. The second-order valence-electron chi connectivity index (χ2n) is 6.18. The third kappa shape index (κ3) is 3.00. The molecule has 1 aromatic carbocycles. The van der Waals surface area contributed by atoms with E-state index in [1.807, 2.05) is 0 Å². The number of nitrogens with two attached hydrogens (primary N) is 1. The third-order valence-electron chi connectivity index (χ3n) is 4.70. The van der Waals surface area contributed by atoms with Gasteiger partial charge in [-0.1, -0.05) is 29.8 Å². The van der Waals surface area contributed by atoms with E-state index in [1.165, 1.54) is 29.5 Å². The van der Waals surface area contributed by atoms with E-state index in [9.17, 15) is 0 Å². The highest BCUT2D eigenvalue weighted by atomic mass is 16.5. The highest BCUT2D eigenvalue weighted by Gasteiger charge is 2.31. The molecule has 2 unspecified atom stereocenters. The van der Waals surface area contributed by atoms with Crippen molar-refractivity contribution in [2.24, 2.45) is 11.7 Å². The van der Waals surface area contributed by atoms with Crippen LogP contribution in [0.15, 0.2) is 22.7 Å². The normalized spacial score (nSPS) is 21.9. The minimum Gasteiger partial charge on any atom is -0.339 e. The molecule has 0 saturated heterocycles. The van der Waals surface area contributed by atoms with Crippen LogP contribution in [0.25, 0.3) is 0 Å². The number of nitrogens with zero attached hydrogens (tertiary/aromatic N) is 2. The SMILES string of the molecule is Cc1ccc(Cc2noc(C3CCCC3CN)n2)cc1C. The lowest BCUT2D eigenvalue weighted by Gasteiger charge is -2.12. The lowest BCUT2D eigenvalue weighted by atomic mass is 9.96. The molecule has 0 amide bonds. The maximum absolute atomic E-state index is 5.83. The van der Waals surface area contributed by atoms with Gasteiger partial charge in [0.1, 0.15) is 0 Å². The Kier molecular flexibility index (Phi) is 4.06. The second-order valence-corrected chi connectivity index (χ2v) is 6.18. The Morgan fingerprint density at radius 1 is 1.24 bits per heavy atom. The first-order chi connectivity index (χ1) is 10.2. The molecule has 3 rings (SSSR count). The van der Waals surface area contributed by atoms with Gasteiger partial charge in [0.15, 0.2) is 5.82 Å². The van der Waals surface area contributed by atoms with Crippen molar-refractivity contribution >= 4 is 0 Å². The van der Waals surface area contributed by atoms with Gasteiger partial charge in [-0.2, -0.15) is 4.98 Å². The quantitative estimate of drug-likeness (QED) is 0.937. The van der Waals surface area contributed by atoms with Crippen LogP contribution in [0.5, 0.6) is 0 Å². The Morgan fingerprint density at radius 3 is 2.86 bits per heavy atom. The minimum atomic E-state index is 0.357. The fourth-order valence-corrected chi connectivity index (χ4v) is 3.23. The molecule has 1 aromatic heterocycles. The van der Waals surface area contributed by atoms with Crippen LogP contribution >= 0.6 is 0 Å². The van der Waals surface area contributed by atoms with E-state index in [0.717, 1.165) is 24.6 Å². The Balaban J connectivity index is 1.74. The Bertz CT molecular complexity index is 620. The van der Waals surface area contributed by atoms with Crippen LogP contribution in [-0.4, -0.2) is 16.7 Å². The summed E-state index contributed by atoms with van der Waals surface area (Å²) in [5, 5.41) is 4.15. The zero-order valence-corrected chi connectivity index (χ0v) is 12.8. The van der Waals surface area contributed by atoms with Crippen LogP contribution in [0.1, 0.15) is 53.6 Å². The van der Waals surface area contributed by atoms with E-state index in [1.54, 1.807) is 0 Å². The lowest BCUT2D eigenvalue weighted by molar-refractivity contribution is 0.323. The van der Waals surface area contributed by atoms with Crippen molar-refractivity contribution in [2.75, 3.05) is 6.54 Å². The highest BCUT2D eigenvalue weighted by molar-refractivity contribution is 5.31. The molecule has 2 aromatic rings. The monoisotopic (exact) mass is 285 g/mol. The van der Waals surface area contributed by atoms with Gasteiger partial charge in [0.05, 0.1) is 0 Å². The van der Waals surface area contributed by atoms with Crippen molar-refractivity contribution in [1.29, 1.82) is 0 Å². The first kappa shape index (κ1) is 14.3. The first-order valence-corrected chi connectivity index (χ1v) is 7.76. The Morgan fingerprint density at radius 2 is 2.10 bits per heavy atom. The van der Waals surface area contributed by atoms with E-state index in [-0.39, 0.29) is 0 Å². The molecule has 0 spiro atoms. The third-order valence-corrected chi connectivity index (χ3v) is 4.70. The van der Waals surface area contributed by atoms with Gasteiger partial charge in [-0.3, -0.25) is 0 Å². The fraction of sp³-hybridized carbons (Fsp3) is 0.529. The van der Waals surface area contributed by atoms with E-state index in [4.69, 9.17) is 10.3 Å². The summed E-state index contributed by atoms with van der Waals surface area (Å²) < 4.78 is 5.49. The van der Waals surface area contributed by atoms with Crippen LogP contribution in [-0.2, 0) is 6.42 Å². The topological polar surface area (TPSA) is 64.9 Å². The number of aromatic nitrogens is 2. The molecule has 0 aliphatic heterocycles. The Hall–Kier alpha value is -1.68. The van der Waals surface area contributed by atoms with Gasteiger partial charge in [-0.15, -0.1) is 0 Å². The predicted octanol–water partition coefficient (Wildman–Crippen LogP) is 3.12. The van der Waals surface area contributed by atoms with Crippen LogP contribution in [0, 0.1) is 19.8 Å². The van der Waals surface area contributed by atoms with Crippen molar-refractivity contribution in [3.05, 3.63) is 46.6 Å². The predicted molar refractivity (Wildman–Crippen MR) is 82.2 cm³/mol. The summed E-state index contributed by atoms with van der Waals surface area (Å²) in [6, 6.07) is 6.48. The smallest absolute Gasteiger partial charge is 0.230 e. The van der Waals surface area contributed by atoms with Gasteiger partial charge < -0.3 is 10.3 Å². The molecule has 112 valence electrons. The highest BCUT2D eigenvalue weighted by Crippen LogP contribution is 2.38. The molecule has 0 bridgehead atoms. The van der Waals surface area contributed by atoms with Gasteiger partial charge in [0, 0.05) is 12.3 Å². The largest absolute Gasteiger partial charge is 0.339 e. The molecule has 2 N–H and O–H groups in total. The number of benzene rings is 1. The first-order valence-electron chi connectivity index (χ1n) is 7.76. The molecule has 0 radical (unpaired) electrons. The van der Waals surface area contributed by atoms with Gasteiger partial charge in [-0.25, -0.2) is 0 Å². The summed E-state index contributed by atoms with van der Waals surface area (Å²) in [6.45, 7) is 4.96. The average molecular weight is 285 g/mol. The van der Waals surface area contributed by atoms with Gasteiger partial charge in [0.25, 0.3) is 0 Å². The van der Waals surface area contributed by atoms with Crippen molar-refractivity contribution in [3.63, 3.8) is 0 Å².